The number of hydrogen-bond acceptors (Lipinski definition) is 3. The normalized spacial score (nSPS) is 14.4. The molecule has 0 radical (unpaired) electrons. The van der Waals surface area contributed by atoms with E-state index >= 15 is 0 Å². The summed E-state index contributed by atoms with van der Waals surface area (Å²) in [5, 5.41) is 0. The van der Waals surface area contributed by atoms with Gasteiger partial charge in [0.15, 0.2) is 5.76 Å². The minimum absolute atomic E-state index is 0.0180. The van der Waals surface area contributed by atoms with Gasteiger partial charge >= 0.3 is 0 Å². The van der Waals surface area contributed by atoms with E-state index in [-0.39, 0.29) is 11.8 Å². The third kappa shape index (κ3) is 4.02. The summed E-state index contributed by atoms with van der Waals surface area (Å²) in [7, 11) is 0. The van der Waals surface area contributed by atoms with Gasteiger partial charge in [-0.2, -0.15) is 0 Å². The molecule has 6 nitrogen and oxygen atoms in total. The highest BCUT2D eigenvalue weighted by molar-refractivity contribution is 5.96. The maximum Gasteiger partial charge on any atom is 0.289 e. The Hall–Kier alpha value is -3.28. The van der Waals surface area contributed by atoms with Crippen molar-refractivity contribution in [1.82, 2.24) is 14.4 Å². The molecule has 0 saturated carbocycles. The summed E-state index contributed by atoms with van der Waals surface area (Å²) in [6.45, 7) is 10.4. The van der Waals surface area contributed by atoms with Crippen molar-refractivity contribution < 1.29 is 14.0 Å². The zero-order valence-electron chi connectivity index (χ0n) is 18.6. The van der Waals surface area contributed by atoms with Crippen LogP contribution in [0.15, 0.2) is 53.1 Å². The molecule has 1 saturated heterocycles. The van der Waals surface area contributed by atoms with E-state index in [4.69, 9.17) is 4.42 Å². The first-order valence-corrected chi connectivity index (χ1v) is 10.8. The van der Waals surface area contributed by atoms with Crippen molar-refractivity contribution in [2.75, 3.05) is 26.2 Å². The van der Waals surface area contributed by atoms with Crippen molar-refractivity contribution >= 4 is 11.8 Å². The highest BCUT2D eigenvalue weighted by Crippen LogP contribution is 2.25. The second-order valence-corrected chi connectivity index (χ2v) is 8.43. The molecule has 4 rings (SSSR count). The quantitative estimate of drug-likeness (QED) is 0.629. The molecule has 31 heavy (non-hydrogen) atoms. The summed E-state index contributed by atoms with van der Waals surface area (Å²) in [5.41, 5.74) is 5.05. The Balaban J connectivity index is 1.51. The standard InChI is InChI=1S/C25H29N3O3/c1-17(2)20-7-5-8-21(16-20)28-18(3)15-22(19(28)4)24(29)26-10-12-27(13-11-26)25(30)23-9-6-14-31-23/h5-9,14-17H,10-13H2,1-4H3. The van der Waals surface area contributed by atoms with Crippen LogP contribution in [0, 0.1) is 13.8 Å². The number of benzene rings is 1. The fraction of sp³-hybridized carbons (Fsp3) is 0.360. The van der Waals surface area contributed by atoms with Crippen LogP contribution in [0.25, 0.3) is 5.69 Å². The lowest BCUT2D eigenvalue weighted by Gasteiger charge is -2.34. The van der Waals surface area contributed by atoms with E-state index in [9.17, 15) is 9.59 Å². The van der Waals surface area contributed by atoms with E-state index in [2.05, 4.69) is 42.7 Å². The Morgan fingerprint density at radius 2 is 1.58 bits per heavy atom. The number of rotatable bonds is 4. The van der Waals surface area contributed by atoms with Crippen molar-refractivity contribution in [3.8, 4) is 5.69 Å². The molecule has 0 bridgehead atoms. The first kappa shape index (κ1) is 21.0. The minimum atomic E-state index is -0.125. The lowest BCUT2D eigenvalue weighted by atomic mass is 10.0. The predicted octanol–water partition coefficient (Wildman–Crippen LogP) is 4.41. The zero-order valence-corrected chi connectivity index (χ0v) is 18.6. The van der Waals surface area contributed by atoms with E-state index in [1.54, 1.807) is 17.0 Å². The maximum absolute atomic E-state index is 13.3. The Morgan fingerprint density at radius 3 is 2.19 bits per heavy atom. The van der Waals surface area contributed by atoms with E-state index in [0.717, 1.165) is 22.6 Å². The Kier molecular flexibility index (Phi) is 5.72. The molecule has 1 fully saturated rings. The number of carbonyl (C=O) groups is 2. The molecule has 1 aliphatic heterocycles. The van der Waals surface area contributed by atoms with Crippen LogP contribution in [-0.2, 0) is 0 Å². The molecule has 0 unspecified atom stereocenters. The SMILES string of the molecule is Cc1cc(C(=O)N2CCN(C(=O)c3ccco3)CC2)c(C)n1-c1cccc(C(C)C)c1. The van der Waals surface area contributed by atoms with Crippen molar-refractivity contribution in [3.05, 3.63) is 77.0 Å². The number of furan rings is 1. The molecular weight excluding hydrogens is 390 g/mol. The van der Waals surface area contributed by atoms with Gasteiger partial charge in [-0.3, -0.25) is 9.59 Å². The number of hydrogen-bond donors (Lipinski definition) is 0. The van der Waals surface area contributed by atoms with Gasteiger partial charge < -0.3 is 18.8 Å². The molecule has 0 atom stereocenters. The first-order valence-electron chi connectivity index (χ1n) is 10.8. The first-order chi connectivity index (χ1) is 14.9. The fourth-order valence-corrected chi connectivity index (χ4v) is 4.24. The van der Waals surface area contributed by atoms with Crippen LogP contribution in [0.2, 0.25) is 0 Å². The Labute approximate surface area is 183 Å². The molecular formula is C25H29N3O3. The molecule has 0 aliphatic carbocycles. The largest absolute Gasteiger partial charge is 0.459 e. The van der Waals surface area contributed by atoms with Gasteiger partial charge in [0.05, 0.1) is 11.8 Å². The number of aryl methyl sites for hydroxylation is 1. The molecule has 0 spiro atoms. The van der Waals surface area contributed by atoms with Crippen LogP contribution in [0.1, 0.15) is 57.6 Å². The fourth-order valence-electron chi connectivity index (χ4n) is 4.24. The monoisotopic (exact) mass is 419 g/mol. The second kappa shape index (κ2) is 8.46. The third-order valence-corrected chi connectivity index (χ3v) is 6.04. The van der Waals surface area contributed by atoms with Gasteiger partial charge in [-0.25, -0.2) is 0 Å². The smallest absolute Gasteiger partial charge is 0.289 e. The molecule has 1 aliphatic rings. The lowest BCUT2D eigenvalue weighted by molar-refractivity contribution is 0.0517. The average Bonchev–Trinajstić information content (AvgIpc) is 3.41. The Morgan fingerprint density at radius 1 is 0.903 bits per heavy atom. The summed E-state index contributed by atoms with van der Waals surface area (Å²) in [5.74, 6) is 0.675. The summed E-state index contributed by atoms with van der Waals surface area (Å²) in [4.78, 5) is 29.3. The van der Waals surface area contributed by atoms with Crippen LogP contribution in [0.4, 0.5) is 0 Å². The predicted molar refractivity (Wildman–Crippen MR) is 120 cm³/mol. The molecule has 162 valence electrons. The number of piperazine rings is 1. The molecule has 3 heterocycles. The highest BCUT2D eigenvalue weighted by Gasteiger charge is 2.28. The van der Waals surface area contributed by atoms with Gasteiger partial charge in [0, 0.05) is 43.3 Å². The van der Waals surface area contributed by atoms with Crippen LogP contribution in [0.5, 0.6) is 0 Å². The van der Waals surface area contributed by atoms with E-state index < -0.39 is 0 Å². The van der Waals surface area contributed by atoms with Crippen LogP contribution in [-0.4, -0.2) is 52.4 Å². The molecule has 3 aromatic rings. The number of carbonyl (C=O) groups excluding carboxylic acids is 2. The second-order valence-electron chi connectivity index (χ2n) is 8.43. The van der Waals surface area contributed by atoms with Gasteiger partial charge in [0.2, 0.25) is 0 Å². The molecule has 2 aromatic heterocycles. The van der Waals surface area contributed by atoms with Crippen molar-refractivity contribution in [2.24, 2.45) is 0 Å². The van der Waals surface area contributed by atoms with Gasteiger partial charge in [-0.15, -0.1) is 0 Å². The van der Waals surface area contributed by atoms with Crippen molar-refractivity contribution in [3.63, 3.8) is 0 Å². The van der Waals surface area contributed by atoms with Crippen LogP contribution >= 0.6 is 0 Å². The number of amides is 2. The molecule has 1 aromatic carbocycles. The third-order valence-electron chi connectivity index (χ3n) is 6.04. The van der Waals surface area contributed by atoms with E-state index in [0.29, 0.717) is 37.9 Å². The van der Waals surface area contributed by atoms with Gasteiger partial charge in [0.1, 0.15) is 0 Å². The Bertz CT molecular complexity index is 1090. The summed E-state index contributed by atoms with van der Waals surface area (Å²) >= 11 is 0. The average molecular weight is 420 g/mol. The van der Waals surface area contributed by atoms with Gasteiger partial charge in [0.25, 0.3) is 11.8 Å². The maximum atomic E-state index is 13.3. The number of nitrogens with zero attached hydrogens (tertiary/aromatic N) is 3. The lowest BCUT2D eigenvalue weighted by Crippen LogP contribution is -2.50. The minimum Gasteiger partial charge on any atom is -0.459 e. The van der Waals surface area contributed by atoms with Gasteiger partial charge in [-0.05, 0) is 55.7 Å². The highest BCUT2D eigenvalue weighted by atomic mass is 16.3. The van der Waals surface area contributed by atoms with E-state index in [1.807, 2.05) is 24.8 Å². The van der Waals surface area contributed by atoms with Crippen molar-refractivity contribution in [1.29, 1.82) is 0 Å². The molecule has 6 heteroatoms. The van der Waals surface area contributed by atoms with Gasteiger partial charge in [-0.1, -0.05) is 26.0 Å². The van der Waals surface area contributed by atoms with Crippen LogP contribution in [0.3, 0.4) is 0 Å². The zero-order chi connectivity index (χ0) is 22.1. The molecule has 2 amide bonds. The van der Waals surface area contributed by atoms with Crippen LogP contribution < -0.4 is 0 Å². The summed E-state index contributed by atoms with van der Waals surface area (Å²) in [6, 6.07) is 13.8. The topological polar surface area (TPSA) is 58.7 Å². The number of aromatic nitrogens is 1. The summed E-state index contributed by atoms with van der Waals surface area (Å²) < 4.78 is 7.36. The molecule has 0 N–H and O–H groups in total. The van der Waals surface area contributed by atoms with Crippen molar-refractivity contribution in [2.45, 2.75) is 33.6 Å². The van der Waals surface area contributed by atoms with E-state index in [1.165, 1.54) is 11.8 Å². The summed E-state index contributed by atoms with van der Waals surface area (Å²) in [6.07, 6.45) is 1.50.